The molecular formula is C12H13BrFN. The molecule has 1 atom stereocenters. The number of nitrogens with one attached hydrogen (secondary N) is 1. The molecule has 1 fully saturated rings. The first kappa shape index (κ1) is 10.8. The molecule has 3 heteroatoms. The van der Waals surface area contributed by atoms with Crippen LogP contribution in [0.3, 0.4) is 0 Å². The van der Waals surface area contributed by atoms with Crippen molar-refractivity contribution in [2.75, 3.05) is 6.54 Å². The Bertz CT molecular complexity index is 370. The molecule has 1 aromatic carbocycles. The van der Waals surface area contributed by atoms with Gasteiger partial charge in [-0.25, -0.2) is 4.39 Å². The summed E-state index contributed by atoms with van der Waals surface area (Å²) in [5, 5.41) is 3.38. The molecular weight excluding hydrogens is 257 g/mol. The molecule has 0 amide bonds. The summed E-state index contributed by atoms with van der Waals surface area (Å²) in [6.45, 7) is 1.10. The van der Waals surface area contributed by atoms with Gasteiger partial charge in [0, 0.05) is 10.5 Å². The topological polar surface area (TPSA) is 12.0 Å². The van der Waals surface area contributed by atoms with E-state index in [9.17, 15) is 4.39 Å². The first-order chi connectivity index (χ1) is 7.25. The van der Waals surface area contributed by atoms with E-state index in [4.69, 9.17) is 0 Å². The van der Waals surface area contributed by atoms with Crippen LogP contribution in [0.15, 0.2) is 28.7 Å². The average Bonchev–Trinajstić information content (AvgIpc) is 2.69. The molecule has 1 aromatic rings. The van der Waals surface area contributed by atoms with Gasteiger partial charge in [-0.15, -0.1) is 0 Å². The summed E-state index contributed by atoms with van der Waals surface area (Å²) in [7, 11) is 0. The van der Waals surface area contributed by atoms with E-state index in [-0.39, 0.29) is 5.82 Å². The van der Waals surface area contributed by atoms with E-state index in [0.29, 0.717) is 6.04 Å². The van der Waals surface area contributed by atoms with Crippen LogP contribution >= 0.6 is 15.9 Å². The van der Waals surface area contributed by atoms with Crippen molar-refractivity contribution in [2.24, 2.45) is 0 Å². The number of hydrogen-bond acceptors (Lipinski definition) is 1. The molecule has 80 valence electrons. The quantitative estimate of drug-likeness (QED) is 0.869. The Kier molecular flexibility index (Phi) is 3.54. The molecule has 1 N–H and O–H groups in total. The number of rotatable bonds is 2. The van der Waals surface area contributed by atoms with Crippen LogP contribution in [0.1, 0.15) is 18.4 Å². The third-order valence-electron chi connectivity index (χ3n) is 2.57. The van der Waals surface area contributed by atoms with Crippen molar-refractivity contribution in [1.82, 2.24) is 5.32 Å². The van der Waals surface area contributed by atoms with Crippen LogP contribution in [-0.2, 0) is 0 Å². The molecule has 1 nitrogen and oxygen atoms in total. The van der Waals surface area contributed by atoms with E-state index >= 15 is 0 Å². The Labute approximate surface area is 97.5 Å². The number of halogens is 2. The standard InChI is InChI=1S/C12H13BrFN/c13-12-8-10(14)5-3-9(12)4-6-11-2-1-7-15-11/h3-6,8,11,15H,1-2,7H2/b6-4+. The summed E-state index contributed by atoms with van der Waals surface area (Å²) in [5.74, 6) is -0.210. The van der Waals surface area contributed by atoms with Gasteiger partial charge in [-0.05, 0) is 37.1 Å². The minimum Gasteiger partial charge on any atom is -0.311 e. The van der Waals surface area contributed by atoms with Crippen molar-refractivity contribution in [1.29, 1.82) is 0 Å². The average molecular weight is 270 g/mol. The minimum atomic E-state index is -0.210. The molecule has 1 unspecified atom stereocenters. The normalized spacial score (nSPS) is 21.3. The lowest BCUT2D eigenvalue weighted by Gasteiger charge is -2.03. The maximum atomic E-state index is 12.8. The van der Waals surface area contributed by atoms with E-state index in [1.165, 1.54) is 25.0 Å². The van der Waals surface area contributed by atoms with Gasteiger partial charge in [0.1, 0.15) is 5.82 Å². The Hall–Kier alpha value is -0.670. The zero-order valence-electron chi connectivity index (χ0n) is 8.34. The Morgan fingerprint density at radius 3 is 3.00 bits per heavy atom. The van der Waals surface area contributed by atoms with E-state index in [2.05, 4.69) is 27.3 Å². The molecule has 0 bridgehead atoms. The van der Waals surface area contributed by atoms with Crippen molar-refractivity contribution in [2.45, 2.75) is 18.9 Å². The molecule has 1 heterocycles. The van der Waals surface area contributed by atoms with Gasteiger partial charge in [-0.3, -0.25) is 0 Å². The fraction of sp³-hybridized carbons (Fsp3) is 0.333. The SMILES string of the molecule is Fc1ccc(/C=C/C2CCCN2)c(Br)c1. The fourth-order valence-corrected chi connectivity index (χ4v) is 2.22. The monoisotopic (exact) mass is 269 g/mol. The summed E-state index contributed by atoms with van der Waals surface area (Å²) in [6, 6.07) is 5.22. The van der Waals surface area contributed by atoms with Gasteiger partial charge in [0.05, 0.1) is 0 Å². The molecule has 0 saturated carbocycles. The Morgan fingerprint density at radius 1 is 1.47 bits per heavy atom. The molecule has 0 spiro atoms. The maximum absolute atomic E-state index is 12.8. The zero-order valence-corrected chi connectivity index (χ0v) is 9.93. The van der Waals surface area contributed by atoms with E-state index in [1.54, 1.807) is 6.07 Å². The van der Waals surface area contributed by atoms with Crippen LogP contribution in [0, 0.1) is 5.82 Å². The fourth-order valence-electron chi connectivity index (χ4n) is 1.73. The third kappa shape index (κ3) is 2.89. The van der Waals surface area contributed by atoms with Crippen molar-refractivity contribution in [3.8, 4) is 0 Å². The second-order valence-corrected chi connectivity index (χ2v) is 4.58. The van der Waals surface area contributed by atoms with Gasteiger partial charge in [-0.2, -0.15) is 0 Å². The van der Waals surface area contributed by atoms with Crippen LogP contribution in [0.4, 0.5) is 4.39 Å². The Morgan fingerprint density at radius 2 is 2.33 bits per heavy atom. The van der Waals surface area contributed by atoms with Crippen LogP contribution < -0.4 is 5.32 Å². The second-order valence-electron chi connectivity index (χ2n) is 3.73. The van der Waals surface area contributed by atoms with Crippen molar-refractivity contribution < 1.29 is 4.39 Å². The lowest BCUT2D eigenvalue weighted by Crippen LogP contribution is -2.17. The smallest absolute Gasteiger partial charge is 0.124 e. The lowest BCUT2D eigenvalue weighted by molar-refractivity contribution is 0.627. The summed E-state index contributed by atoms with van der Waals surface area (Å²) < 4.78 is 13.6. The summed E-state index contributed by atoms with van der Waals surface area (Å²) in [4.78, 5) is 0. The van der Waals surface area contributed by atoms with Gasteiger partial charge >= 0.3 is 0 Å². The third-order valence-corrected chi connectivity index (χ3v) is 3.26. The van der Waals surface area contributed by atoms with E-state index in [0.717, 1.165) is 16.6 Å². The first-order valence-electron chi connectivity index (χ1n) is 5.12. The van der Waals surface area contributed by atoms with Gasteiger partial charge in [-0.1, -0.05) is 34.1 Å². The van der Waals surface area contributed by atoms with Crippen molar-refractivity contribution >= 4 is 22.0 Å². The number of hydrogen-bond donors (Lipinski definition) is 1. The molecule has 1 aliphatic rings. The molecule has 1 aliphatic heterocycles. The van der Waals surface area contributed by atoms with Crippen LogP contribution in [0.5, 0.6) is 0 Å². The molecule has 0 aromatic heterocycles. The molecule has 1 saturated heterocycles. The van der Waals surface area contributed by atoms with Crippen LogP contribution in [0.2, 0.25) is 0 Å². The van der Waals surface area contributed by atoms with E-state index < -0.39 is 0 Å². The second kappa shape index (κ2) is 4.90. The summed E-state index contributed by atoms with van der Waals surface area (Å²) in [6.07, 6.45) is 6.60. The van der Waals surface area contributed by atoms with Gasteiger partial charge in [0.2, 0.25) is 0 Å². The predicted octanol–water partition coefficient (Wildman–Crippen LogP) is 3.35. The highest BCUT2D eigenvalue weighted by Gasteiger charge is 2.09. The number of benzene rings is 1. The Balaban J connectivity index is 2.09. The highest BCUT2D eigenvalue weighted by molar-refractivity contribution is 9.10. The highest BCUT2D eigenvalue weighted by atomic mass is 79.9. The van der Waals surface area contributed by atoms with Gasteiger partial charge in [0.15, 0.2) is 0 Å². The lowest BCUT2D eigenvalue weighted by atomic mass is 10.1. The van der Waals surface area contributed by atoms with Crippen LogP contribution in [-0.4, -0.2) is 12.6 Å². The molecule has 15 heavy (non-hydrogen) atoms. The summed E-state index contributed by atoms with van der Waals surface area (Å²) in [5.41, 5.74) is 1.02. The minimum absolute atomic E-state index is 0.210. The molecule has 2 rings (SSSR count). The molecule has 0 radical (unpaired) electrons. The zero-order chi connectivity index (χ0) is 10.7. The van der Waals surface area contributed by atoms with Crippen molar-refractivity contribution in [3.63, 3.8) is 0 Å². The first-order valence-corrected chi connectivity index (χ1v) is 5.91. The van der Waals surface area contributed by atoms with Crippen LogP contribution in [0.25, 0.3) is 6.08 Å². The highest BCUT2D eigenvalue weighted by Crippen LogP contribution is 2.20. The van der Waals surface area contributed by atoms with Crippen molar-refractivity contribution in [3.05, 3.63) is 40.1 Å². The van der Waals surface area contributed by atoms with E-state index in [1.807, 2.05) is 6.08 Å². The predicted molar refractivity (Wildman–Crippen MR) is 64.2 cm³/mol. The molecule has 0 aliphatic carbocycles. The van der Waals surface area contributed by atoms with Gasteiger partial charge in [0.25, 0.3) is 0 Å². The largest absolute Gasteiger partial charge is 0.311 e. The maximum Gasteiger partial charge on any atom is 0.124 e. The van der Waals surface area contributed by atoms with Gasteiger partial charge < -0.3 is 5.32 Å². The summed E-state index contributed by atoms with van der Waals surface area (Å²) >= 11 is 3.35.